The fraction of sp³-hybridized carbons (Fsp3) is 0.737. The summed E-state index contributed by atoms with van der Waals surface area (Å²) in [6.07, 6.45) is 66.0. The van der Waals surface area contributed by atoms with Crippen LogP contribution in [0.15, 0.2) is 70.5 Å². The van der Waals surface area contributed by atoms with E-state index in [0.29, 0.717) is 12.8 Å². The standard InChI is InChI=1S/2C38H64O3S.Ba/c2*1-3-5-7-9-11-13-15-17-19-21-23-25-27-34-29-30-35-31-32-38(42(39,40)41)36(37(35)33-34)28-26-24-22-20-18-16-14-12-10-8-6-4-2;/h2*29-33H,3-28H2,1-2H3,(H,39,40,41);/q;;+2/p-2. The van der Waals surface area contributed by atoms with Gasteiger partial charge in [0.2, 0.25) is 0 Å². The van der Waals surface area contributed by atoms with Crippen LogP contribution >= 0.6 is 0 Å². The van der Waals surface area contributed by atoms with Crippen molar-refractivity contribution < 1.29 is 25.9 Å². The van der Waals surface area contributed by atoms with E-state index in [0.717, 1.165) is 84.0 Å². The van der Waals surface area contributed by atoms with E-state index in [4.69, 9.17) is 0 Å². The second-order valence-electron chi connectivity index (χ2n) is 25.7. The molecular weight excluding hydrogens is 1210 g/mol. The number of hydrogen-bond acceptors (Lipinski definition) is 6. The zero-order chi connectivity index (χ0) is 60.6. The molecule has 0 bridgehead atoms. The first-order valence-corrected chi connectivity index (χ1v) is 38.8. The van der Waals surface area contributed by atoms with E-state index in [9.17, 15) is 25.9 Å². The molecule has 0 fully saturated rings. The van der Waals surface area contributed by atoms with Crippen LogP contribution in [-0.2, 0) is 45.9 Å². The Bertz CT molecular complexity index is 2300. The van der Waals surface area contributed by atoms with Gasteiger partial charge in [-0.15, -0.1) is 0 Å². The molecule has 0 saturated heterocycles. The van der Waals surface area contributed by atoms with E-state index < -0.39 is 20.2 Å². The van der Waals surface area contributed by atoms with Crippen molar-refractivity contribution in [3.63, 3.8) is 0 Å². The maximum atomic E-state index is 12.1. The fourth-order valence-corrected chi connectivity index (χ4v) is 14.2. The summed E-state index contributed by atoms with van der Waals surface area (Å²) in [6, 6.07) is 19.6. The average Bonchev–Trinajstić information content (AvgIpc) is 3.56. The smallest absolute Gasteiger partial charge is 0.744 e. The molecule has 0 aliphatic rings. The number of rotatable bonds is 54. The van der Waals surface area contributed by atoms with Crippen molar-refractivity contribution >= 4 is 90.7 Å². The molecule has 0 spiro atoms. The first kappa shape index (κ1) is 79.9. The van der Waals surface area contributed by atoms with Gasteiger partial charge in [-0.2, -0.15) is 0 Å². The summed E-state index contributed by atoms with van der Waals surface area (Å²) in [5, 5.41) is 4.00. The van der Waals surface area contributed by atoms with Gasteiger partial charge in [-0.3, -0.25) is 0 Å². The first-order chi connectivity index (χ1) is 40.9. The van der Waals surface area contributed by atoms with Crippen molar-refractivity contribution in [2.75, 3.05) is 0 Å². The molecule has 85 heavy (non-hydrogen) atoms. The molecular formula is C76H126BaO6S2. The van der Waals surface area contributed by atoms with Gasteiger partial charge in [0.15, 0.2) is 0 Å². The molecule has 4 rings (SSSR count). The van der Waals surface area contributed by atoms with E-state index in [2.05, 4.69) is 64.1 Å². The summed E-state index contributed by atoms with van der Waals surface area (Å²) < 4.78 is 72.9. The summed E-state index contributed by atoms with van der Waals surface area (Å²) in [4.78, 5) is -0.0267. The fourth-order valence-electron chi connectivity index (χ4n) is 12.7. The van der Waals surface area contributed by atoms with E-state index in [1.165, 1.54) is 293 Å². The maximum absolute atomic E-state index is 12.1. The first-order valence-electron chi connectivity index (χ1n) is 35.9. The Morgan fingerprint density at radius 2 is 0.447 bits per heavy atom. The summed E-state index contributed by atoms with van der Waals surface area (Å²) in [5.74, 6) is 0. The Morgan fingerprint density at radius 3 is 0.659 bits per heavy atom. The van der Waals surface area contributed by atoms with E-state index >= 15 is 0 Å². The normalized spacial score (nSPS) is 11.8. The zero-order valence-electron chi connectivity index (χ0n) is 55.5. The molecule has 4 aromatic carbocycles. The van der Waals surface area contributed by atoms with Crippen molar-refractivity contribution in [3.8, 4) is 0 Å². The van der Waals surface area contributed by atoms with E-state index in [-0.39, 0.29) is 58.7 Å². The Morgan fingerprint density at radius 1 is 0.259 bits per heavy atom. The molecule has 0 N–H and O–H groups in total. The Balaban J connectivity index is 0.000000573. The van der Waals surface area contributed by atoms with Gasteiger partial charge in [-0.1, -0.05) is 359 Å². The Hall–Kier alpha value is -1.21. The van der Waals surface area contributed by atoms with Crippen molar-refractivity contribution in [2.45, 2.75) is 371 Å². The van der Waals surface area contributed by atoms with Crippen LogP contribution in [0, 0.1) is 0 Å². The third kappa shape index (κ3) is 38.3. The van der Waals surface area contributed by atoms with E-state index in [1.807, 2.05) is 0 Å². The summed E-state index contributed by atoms with van der Waals surface area (Å²) in [5.41, 5.74) is 3.99. The topological polar surface area (TPSA) is 114 Å². The molecule has 0 amide bonds. The molecule has 480 valence electrons. The van der Waals surface area contributed by atoms with Gasteiger partial charge in [0.05, 0.1) is 9.79 Å². The SMILES string of the molecule is CCCCCCCCCCCCCCc1ccc2ccc(S(=O)(=O)[O-])c(CCCCCCCCCCCCCC)c2c1.CCCCCCCCCCCCCCc1ccc2ccc(S(=O)(=O)[O-])c(CCCCCCCCCCCCCC)c2c1.[Ba+2]. The van der Waals surface area contributed by atoms with Crippen molar-refractivity contribution in [2.24, 2.45) is 0 Å². The largest absolute Gasteiger partial charge is 2.00 e. The summed E-state index contributed by atoms with van der Waals surface area (Å²) in [6.45, 7) is 9.07. The van der Waals surface area contributed by atoms with Gasteiger partial charge >= 0.3 is 48.9 Å². The number of benzene rings is 4. The van der Waals surface area contributed by atoms with Crippen LogP contribution in [0.25, 0.3) is 21.5 Å². The minimum Gasteiger partial charge on any atom is -0.744 e. The molecule has 0 unspecified atom stereocenters. The molecule has 6 nitrogen and oxygen atoms in total. The minimum absolute atomic E-state index is 0. The van der Waals surface area contributed by atoms with Gasteiger partial charge in [-0.25, -0.2) is 16.8 Å². The maximum Gasteiger partial charge on any atom is 2.00 e. The predicted molar refractivity (Wildman–Crippen MR) is 369 cm³/mol. The third-order valence-electron chi connectivity index (χ3n) is 18.0. The van der Waals surface area contributed by atoms with E-state index in [1.54, 1.807) is 12.1 Å². The number of fused-ring (bicyclic) bond motifs is 2. The van der Waals surface area contributed by atoms with Gasteiger partial charge in [-0.05, 0) is 107 Å². The quantitative estimate of drug-likeness (QED) is 0.0247. The van der Waals surface area contributed by atoms with Crippen molar-refractivity contribution in [1.29, 1.82) is 0 Å². The molecule has 0 saturated carbocycles. The Kier molecular flexibility index (Phi) is 49.3. The van der Waals surface area contributed by atoms with Gasteiger partial charge in [0.1, 0.15) is 20.2 Å². The Labute approximate surface area is 565 Å². The molecule has 0 heterocycles. The zero-order valence-corrected chi connectivity index (χ0v) is 61.6. The molecule has 0 aromatic heterocycles. The average molecular weight is 1340 g/mol. The van der Waals surface area contributed by atoms with Crippen molar-refractivity contribution in [3.05, 3.63) is 82.9 Å². The molecule has 9 heteroatoms. The molecule has 0 aliphatic carbocycles. The van der Waals surface area contributed by atoms with Crippen LogP contribution in [-0.4, -0.2) is 74.8 Å². The minimum atomic E-state index is -4.49. The second kappa shape index (κ2) is 52.4. The number of unbranched alkanes of at least 4 members (excludes halogenated alkanes) is 44. The number of aryl methyl sites for hydroxylation is 4. The molecule has 0 atom stereocenters. The molecule has 0 radical (unpaired) electrons. The third-order valence-corrected chi connectivity index (χ3v) is 19.9. The number of hydrogen-bond donors (Lipinski definition) is 0. The summed E-state index contributed by atoms with van der Waals surface area (Å²) in [7, 11) is -8.99. The van der Waals surface area contributed by atoms with Crippen molar-refractivity contribution in [1.82, 2.24) is 0 Å². The molecule has 0 aliphatic heterocycles. The molecule has 4 aromatic rings. The van der Waals surface area contributed by atoms with Crippen LogP contribution in [0.4, 0.5) is 0 Å². The van der Waals surface area contributed by atoms with Gasteiger partial charge in [0.25, 0.3) is 0 Å². The van der Waals surface area contributed by atoms with Crippen LogP contribution in [0.3, 0.4) is 0 Å². The predicted octanol–water partition coefficient (Wildman–Crippen LogP) is 24.1. The van der Waals surface area contributed by atoms with Crippen LogP contribution in [0.5, 0.6) is 0 Å². The van der Waals surface area contributed by atoms with Gasteiger partial charge in [0, 0.05) is 0 Å². The second-order valence-corrected chi connectivity index (χ2v) is 28.4. The summed E-state index contributed by atoms with van der Waals surface area (Å²) >= 11 is 0. The van der Waals surface area contributed by atoms with Gasteiger partial charge < -0.3 is 9.11 Å². The van der Waals surface area contributed by atoms with Crippen LogP contribution < -0.4 is 0 Å². The monoisotopic (exact) mass is 1340 g/mol. The van der Waals surface area contributed by atoms with Crippen LogP contribution in [0.2, 0.25) is 0 Å². The van der Waals surface area contributed by atoms with Crippen LogP contribution in [0.1, 0.15) is 358 Å².